The van der Waals surface area contributed by atoms with Gasteiger partial charge in [-0.25, -0.2) is 0 Å². The van der Waals surface area contributed by atoms with Crippen molar-refractivity contribution in [2.45, 2.75) is 39.2 Å². The molecule has 1 rings (SSSR count). The van der Waals surface area contributed by atoms with Crippen molar-refractivity contribution in [3.05, 3.63) is 29.8 Å². The van der Waals surface area contributed by atoms with Gasteiger partial charge in [0.25, 0.3) is 0 Å². The van der Waals surface area contributed by atoms with Crippen molar-refractivity contribution in [3.63, 3.8) is 0 Å². The van der Waals surface area contributed by atoms with Crippen LogP contribution in [0.3, 0.4) is 0 Å². The first-order chi connectivity index (χ1) is 7.65. The quantitative estimate of drug-likeness (QED) is 0.796. The number of benzene rings is 1. The van der Waals surface area contributed by atoms with Crippen molar-refractivity contribution < 1.29 is 4.74 Å². The fourth-order valence-electron chi connectivity index (χ4n) is 1.77. The molecular formula is C14H23NO. The fourth-order valence-corrected chi connectivity index (χ4v) is 1.77. The third-order valence-electron chi connectivity index (χ3n) is 2.64. The van der Waals surface area contributed by atoms with E-state index in [0.717, 1.165) is 18.7 Å². The zero-order valence-corrected chi connectivity index (χ0v) is 10.8. The molecule has 0 aromatic heterocycles. The molecule has 2 nitrogen and oxygen atoms in total. The van der Waals surface area contributed by atoms with Crippen molar-refractivity contribution in [2.24, 2.45) is 0 Å². The normalized spacial score (nSPS) is 12.8. The maximum atomic E-state index is 5.83. The Hall–Kier alpha value is -1.02. The van der Waals surface area contributed by atoms with E-state index in [9.17, 15) is 0 Å². The Balaban J connectivity index is 2.76. The van der Waals surface area contributed by atoms with Gasteiger partial charge in [0.15, 0.2) is 0 Å². The molecule has 0 spiro atoms. The van der Waals surface area contributed by atoms with E-state index in [1.165, 1.54) is 5.56 Å². The monoisotopic (exact) mass is 221 g/mol. The average Bonchev–Trinajstić information content (AvgIpc) is 2.26. The predicted molar refractivity (Wildman–Crippen MR) is 69.2 cm³/mol. The van der Waals surface area contributed by atoms with Crippen molar-refractivity contribution in [1.82, 2.24) is 5.32 Å². The second-order valence-electron chi connectivity index (χ2n) is 4.50. The summed E-state index contributed by atoms with van der Waals surface area (Å²) in [5.74, 6) is 1.56. The van der Waals surface area contributed by atoms with Crippen molar-refractivity contribution in [3.8, 4) is 5.75 Å². The molecule has 90 valence electrons. The van der Waals surface area contributed by atoms with E-state index in [1.54, 1.807) is 0 Å². The van der Waals surface area contributed by atoms with Crippen LogP contribution in [0.5, 0.6) is 5.75 Å². The van der Waals surface area contributed by atoms with Crippen LogP contribution in [-0.4, -0.2) is 19.7 Å². The molecule has 1 unspecified atom stereocenters. The summed E-state index contributed by atoms with van der Waals surface area (Å²) in [5, 5.41) is 3.19. The number of rotatable bonds is 6. The fraction of sp³-hybridized carbons (Fsp3) is 0.571. The summed E-state index contributed by atoms with van der Waals surface area (Å²) in [6, 6.07) is 8.34. The number of hydrogen-bond donors (Lipinski definition) is 1. The molecular weight excluding hydrogens is 198 g/mol. The minimum absolute atomic E-state index is 0.234. The van der Waals surface area contributed by atoms with Gasteiger partial charge in [-0.15, -0.1) is 0 Å². The first-order valence-corrected chi connectivity index (χ1v) is 6.05. The Morgan fingerprint density at radius 1 is 1.19 bits per heavy atom. The van der Waals surface area contributed by atoms with Gasteiger partial charge in [-0.3, -0.25) is 0 Å². The molecule has 0 aliphatic rings. The van der Waals surface area contributed by atoms with Crippen molar-refractivity contribution >= 4 is 0 Å². The zero-order chi connectivity index (χ0) is 12.0. The summed E-state index contributed by atoms with van der Waals surface area (Å²) >= 11 is 0. The molecule has 0 aliphatic carbocycles. The van der Waals surface area contributed by atoms with Crippen LogP contribution in [0.15, 0.2) is 24.3 Å². The highest BCUT2D eigenvalue weighted by Crippen LogP contribution is 2.28. The van der Waals surface area contributed by atoms with Crippen molar-refractivity contribution in [1.29, 1.82) is 0 Å². The molecule has 1 N–H and O–H groups in total. The number of para-hydroxylation sites is 1. The molecule has 0 heterocycles. The molecule has 0 radical (unpaired) electrons. The van der Waals surface area contributed by atoms with Crippen LogP contribution in [0, 0.1) is 0 Å². The highest BCUT2D eigenvalue weighted by atomic mass is 16.5. The molecule has 0 saturated heterocycles. The minimum atomic E-state index is 0.234. The smallest absolute Gasteiger partial charge is 0.123 e. The number of nitrogens with one attached hydrogen (secondary N) is 1. The standard InChI is InChI=1S/C14H23NO/c1-11(2)16-14-8-6-5-7-13(14)12(3)9-10-15-4/h5-8,11-12,15H,9-10H2,1-4H3. The lowest BCUT2D eigenvalue weighted by Crippen LogP contribution is -2.12. The Labute approximate surface area is 99.0 Å². The van der Waals surface area contributed by atoms with Gasteiger partial charge in [-0.05, 0) is 51.4 Å². The SMILES string of the molecule is CNCCC(C)c1ccccc1OC(C)C. The van der Waals surface area contributed by atoms with Gasteiger partial charge >= 0.3 is 0 Å². The lowest BCUT2D eigenvalue weighted by molar-refractivity contribution is 0.238. The van der Waals surface area contributed by atoms with Gasteiger partial charge in [0.2, 0.25) is 0 Å². The third kappa shape index (κ3) is 3.86. The maximum Gasteiger partial charge on any atom is 0.123 e. The van der Waals surface area contributed by atoms with Crippen LogP contribution in [0.25, 0.3) is 0 Å². The van der Waals surface area contributed by atoms with E-state index >= 15 is 0 Å². The lowest BCUT2D eigenvalue weighted by atomic mass is 9.97. The first kappa shape index (κ1) is 13.0. The second-order valence-corrected chi connectivity index (χ2v) is 4.50. The Morgan fingerprint density at radius 3 is 2.50 bits per heavy atom. The molecule has 0 amide bonds. The maximum absolute atomic E-state index is 5.83. The van der Waals surface area contributed by atoms with Crippen molar-refractivity contribution in [2.75, 3.05) is 13.6 Å². The van der Waals surface area contributed by atoms with E-state index < -0.39 is 0 Å². The van der Waals surface area contributed by atoms with Gasteiger partial charge in [-0.1, -0.05) is 25.1 Å². The highest BCUT2D eigenvalue weighted by Gasteiger charge is 2.11. The molecule has 2 heteroatoms. The molecule has 16 heavy (non-hydrogen) atoms. The molecule has 0 aliphatic heterocycles. The number of ether oxygens (including phenoxy) is 1. The van der Waals surface area contributed by atoms with Crippen LogP contribution in [0.4, 0.5) is 0 Å². The van der Waals surface area contributed by atoms with Crippen LogP contribution in [0.2, 0.25) is 0 Å². The largest absolute Gasteiger partial charge is 0.491 e. The van der Waals surface area contributed by atoms with E-state index in [-0.39, 0.29) is 6.10 Å². The number of hydrogen-bond acceptors (Lipinski definition) is 2. The van der Waals surface area contributed by atoms with Gasteiger partial charge in [-0.2, -0.15) is 0 Å². The Bertz CT molecular complexity index is 309. The molecule has 0 bridgehead atoms. The Morgan fingerprint density at radius 2 is 1.88 bits per heavy atom. The summed E-state index contributed by atoms with van der Waals surface area (Å²) in [6.07, 6.45) is 1.37. The second kappa shape index (κ2) is 6.54. The molecule has 1 atom stereocenters. The van der Waals surface area contributed by atoms with E-state index in [1.807, 2.05) is 13.1 Å². The topological polar surface area (TPSA) is 21.3 Å². The summed E-state index contributed by atoms with van der Waals surface area (Å²) in [5.41, 5.74) is 1.31. The summed E-state index contributed by atoms with van der Waals surface area (Å²) in [6.45, 7) is 7.42. The molecule has 1 aromatic carbocycles. The minimum Gasteiger partial charge on any atom is -0.491 e. The average molecular weight is 221 g/mol. The van der Waals surface area contributed by atoms with E-state index in [2.05, 4.69) is 44.3 Å². The summed E-state index contributed by atoms with van der Waals surface area (Å²) in [4.78, 5) is 0. The first-order valence-electron chi connectivity index (χ1n) is 6.05. The van der Waals surface area contributed by atoms with E-state index in [4.69, 9.17) is 4.74 Å². The summed E-state index contributed by atoms with van der Waals surface area (Å²) in [7, 11) is 1.99. The predicted octanol–water partition coefficient (Wildman–Crippen LogP) is 3.19. The summed E-state index contributed by atoms with van der Waals surface area (Å²) < 4.78 is 5.83. The Kier molecular flexibility index (Phi) is 5.33. The van der Waals surface area contributed by atoms with Gasteiger partial charge in [0, 0.05) is 0 Å². The van der Waals surface area contributed by atoms with Crippen LogP contribution >= 0.6 is 0 Å². The van der Waals surface area contributed by atoms with Crippen LogP contribution in [-0.2, 0) is 0 Å². The molecule has 1 aromatic rings. The van der Waals surface area contributed by atoms with Gasteiger partial charge in [0.1, 0.15) is 5.75 Å². The van der Waals surface area contributed by atoms with Crippen LogP contribution < -0.4 is 10.1 Å². The third-order valence-corrected chi connectivity index (χ3v) is 2.64. The van der Waals surface area contributed by atoms with Gasteiger partial charge < -0.3 is 10.1 Å². The molecule has 0 fully saturated rings. The zero-order valence-electron chi connectivity index (χ0n) is 10.8. The van der Waals surface area contributed by atoms with Gasteiger partial charge in [0.05, 0.1) is 6.10 Å². The lowest BCUT2D eigenvalue weighted by Gasteiger charge is -2.18. The van der Waals surface area contributed by atoms with Crippen LogP contribution in [0.1, 0.15) is 38.7 Å². The molecule has 0 saturated carbocycles. The highest BCUT2D eigenvalue weighted by molar-refractivity contribution is 5.36. The van der Waals surface area contributed by atoms with E-state index in [0.29, 0.717) is 5.92 Å².